The van der Waals surface area contributed by atoms with E-state index in [0.29, 0.717) is 47.6 Å². The molecule has 3 aromatic carbocycles. The first-order valence-corrected chi connectivity index (χ1v) is 13.7. The van der Waals surface area contributed by atoms with Crippen molar-refractivity contribution in [2.45, 2.75) is 46.1 Å². The van der Waals surface area contributed by atoms with Crippen molar-refractivity contribution in [1.82, 2.24) is 4.90 Å². The van der Waals surface area contributed by atoms with Crippen molar-refractivity contribution in [3.8, 4) is 17.2 Å². The number of nitrogens with zero attached hydrogens (tertiary/aromatic N) is 1. The Kier molecular flexibility index (Phi) is 7.83. The molecule has 0 radical (unpaired) electrons. The van der Waals surface area contributed by atoms with E-state index >= 15 is 0 Å². The van der Waals surface area contributed by atoms with Gasteiger partial charge in [-0.1, -0.05) is 37.6 Å². The van der Waals surface area contributed by atoms with Crippen molar-refractivity contribution in [2.75, 3.05) is 27.4 Å². The first-order chi connectivity index (χ1) is 19.4. The molecule has 1 aromatic heterocycles. The van der Waals surface area contributed by atoms with Crippen molar-refractivity contribution in [3.05, 3.63) is 98.4 Å². The molecular weight excluding hydrogens is 506 g/mol. The first kappa shape index (κ1) is 27.3. The number of amides is 1. The maximum Gasteiger partial charge on any atom is 0.290 e. The monoisotopic (exact) mass is 541 g/mol. The Morgan fingerprint density at radius 3 is 2.38 bits per heavy atom. The molecule has 0 bridgehead atoms. The van der Waals surface area contributed by atoms with Crippen LogP contribution in [0.1, 0.15) is 64.2 Å². The molecule has 208 valence electrons. The topological polar surface area (TPSA) is 78.2 Å². The first-order valence-electron chi connectivity index (χ1n) is 13.7. The second kappa shape index (κ2) is 11.5. The van der Waals surface area contributed by atoms with Crippen LogP contribution < -0.4 is 19.6 Å². The molecule has 7 nitrogen and oxygen atoms in total. The summed E-state index contributed by atoms with van der Waals surface area (Å²) in [5.74, 6) is 1.85. The van der Waals surface area contributed by atoms with E-state index < -0.39 is 6.04 Å². The number of fused-ring (bicyclic) bond motifs is 2. The number of carbonyl (C=O) groups excluding carboxylic acids is 1. The quantitative estimate of drug-likeness (QED) is 0.216. The van der Waals surface area contributed by atoms with Gasteiger partial charge in [-0.3, -0.25) is 9.59 Å². The van der Waals surface area contributed by atoms with E-state index in [4.69, 9.17) is 18.6 Å². The second-order valence-electron chi connectivity index (χ2n) is 10.2. The number of carbonyl (C=O) groups is 1. The number of benzene rings is 3. The molecule has 1 aliphatic heterocycles. The molecule has 0 aliphatic carbocycles. The van der Waals surface area contributed by atoms with Gasteiger partial charge in [0.2, 0.25) is 5.76 Å². The van der Waals surface area contributed by atoms with Crippen LogP contribution in [0.5, 0.6) is 17.2 Å². The molecule has 0 spiro atoms. The Morgan fingerprint density at radius 2 is 1.68 bits per heavy atom. The van der Waals surface area contributed by atoms with E-state index in [9.17, 15) is 9.59 Å². The number of hydrogen-bond donors (Lipinski definition) is 0. The third-order valence-electron chi connectivity index (χ3n) is 7.46. The lowest BCUT2D eigenvalue weighted by Gasteiger charge is -2.25. The Hall–Kier alpha value is -4.26. The average molecular weight is 542 g/mol. The lowest BCUT2D eigenvalue weighted by Crippen LogP contribution is -2.31. The fraction of sp³-hybridized carbons (Fsp3) is 0.333. The van der Waals surface area contributed by atoms with Crippen LogP contribution in [0.2, 0.25) is 0 Å². The summed E-state index contributed by atoms with van der Waals surface area (Å²) in [4.78, 5) is 29.6. The third-order valence-corrected chi connectivity index (χ3v) is 7.46. The third kappa shape index (κ3) is 5.04. The van der Waals surface area contributed by atoms with Crippen molar-refractivity contribution in [3.63, 3.8) is 0 Å². The van der Waals surface area contributed by atoms with E-state index in [0.717, 1.165) is 40.8 Å². The van der Waals surface area contributed by atoms with Gasteiger partial charge in [0.25, 0.3) is 5.91 Å². The zero-order chi connectivity index (χ0) is 28.4. The Balaban J connectivity index is 1.56. The highest BCUT2D eigenvalue weighted by atomic mass is 16.5. The summed E-state index contributed by atoms with van der Waals surface area (Å²) in [6, 6.07) is 16.6. The molecule has 1 amide bonds. The van der Waals surface area contributed by atoms with Crippen LogP contribution in [0.3, 0.4) is 0 Å². The number of unbranched alkanes of at least 4 members (excludes halogenated alkanes) is 1. The number of hydrogen-bond acceptors (Lipinski definition) is 6. The fourth-order valence-electron chi connectivity index (χ4n) is 5.46. The summed E-state index contributed by atoms with van der Waals surface area (Å²) >= 11 is 0. The second-order valence-corrected chi connectivity index (χ2v) is 10.2. The smallest absolute Gasteiger partial charge is 0.290 e. The zero-order valence-corrected chi connectivity index (χ0v) is 23.7. The minimum Gasteiger partial charge on any atom is -0.494 e. The van der Waals surface area contributed by atoms with Crippen LogP contribution in [-0.2, 0) is 6.42 Å². The SMILES string of the molecule is CCCCOc1ccc(C2c3c(oc4cc(C)cc(C)c4c3=O)C(=O)N2CCc2ccc(OC)c(OC)c2)cc1. The van der Waals surface area contributed by atoms with Gasteiger partial charge in [0, 0.05) is 6.54 Å². The van der Waals surface area contributed by atoms with E-state index in [2.05, 4.69) is 6.92 Å². The molecule has 1 aliphatic rings. The molecule has 40 heavy (non-hydrogen) atoms. The van der Waals surface area contributed by atoms with Crippen LogP contribution in [0.15, 0.2) is 63.8 Å². The summed E-state index contributed by atoms with van der Waals surface area (Å²) in [5.41, 5.74) is 4.28. The van der Waals surface area contributed by atoms with Gasteiger partial charge in [0.1, 0.15) is 11.3 Å². The van der Waals surface area contributed by atoms with Gasteiger partial charge >= 0.3 is 0 Å². The normalized spacial score (nSPS) is 14.5. The Bertz CT molecular complexity index is 1600. The van der Waals surface area contributed by atoms with Crippen LogP contribution in [0.25, 0.3) is 11.0 Å². The fourth-order valence-corrected chi connectivity index (χ4v) is 5.46. The molecule has 1 atom stereocenters. The van der Waals surface area contributed by atoms with Gasteiger partial charge in [-0.05, 0) is 79.3 Å². The molecular formula is C33H35NO6. The summed E-state index contributed by atoms with van der Waals surface area (Å²) in [6.45, 7) is 7.00. The molecule has 0 fully saturated rings. The highest BCUT2D eigenvalue weighted by molar-refractivity contribution is 5.99. The average Bonchev–Trinajstić information content (AvgIpc) is 3.23. The highest BCUT2D eigenvalue weighted by Gasteiger charge is 2.42. The maximum atomic E-state index is 14.0. The molecule has 2 heterocycles. The lowest BCUT2D eigenvalue weighted by atomic mass is 9.96. The van der Waals surface area contributed by atoms with Gasteiger partial charge < -0.3 is 23.5 Å². The standard InChI is InChI=1S/C33H35NO6/c1-6-7-16-39-24-11-9-23(10-12-24)30-29-31(35)28-21(3)17-20(2)18-27(28)40-32(29)33(36)34(30)15-14-22-8-13-25(37-4)26(19-22)38-5/h8-13,17-19,30H,6-7,14-16H2,1-5H3. The Morgan fingerprint density at radius 1 is 0.925 bits per heavy atom. The number of rotatable bonds is 10. The van der Waals surface area contributed by atoms with Crippen LogP contribution in [-0.4, -0.2) is 38.2 Å². The van der Waals surface area contributed by atoms with Crippen molar-refractivity contribution >= 4 is 16.9 Å². The highest BCUT2D eigenvalue weighted by Crippen LogP contribution is 2.39. The minimum absolute atomic E-state index is 0.114. The van der Waals surface area contributed by atoms with Gasteiger partial charge in [-0.15, -0.1) is 0 Å². The molecule has 4 aromatic rings. The van der Waals surface area contributed by atoms with E-state index in [1.807, 2.05) is 68.4 Å². The van der Waals surface area contributed by atoms with Crippen LogP contribution in [0, 0.1) is 13.8 Å². The van der Waals surface area contributed by atoms with Crippen molar-refractivity contribution in [2.24, 2.45) is 0 Å². The summed E-state index contributed by atoms with van der Waals surface area (Å²) in [7, 11) is 3.19. The van der Waals surface area contributed by atoms with E-state index in [1.165, 1.54) is 0 Å². The molecule has 7 heteroatoms. The maximum absolute atomic E-state index is 14.0. The summed E-state index contributed by atoms with van der Waals surface area (Å²) in [6.07, 6.45) is 2.58. The van der Waals surface area contributed by atoms with E-state index in [1.54, 1.807) is 19.1 Å². The van der Waals surface area contributed by atoms with Crippen molar-refractivity contribution in [1.29, 1.82) is 0 Å². The molecule has 1 unspecified atom stereocenters. The molecule has 0 saturated carbocycles. The predicted octanol–water partition coefficient (Wildman–Crippen LogP) is 6.39. The predicted molar refractivity (Wildman–Crippen MR) is 155 cm³/mol. The van der Waals surface area contributed by atoms with Gasteiger partial charge in [0.05, 0.1) is 37.8 Å². The van der Waals surface area contributed by atoms with Gasteiger partial charge in [0.15, 0.2) is 16.9 Å². The largest absolute Gasteiger partial charge is 0.494 e. The Labute approximate surface area is 234 Å². The van der Waals surface area contributed by atoms with E-state index in [-0.39, 0.29) is 17.1 Å². The molecule has 0 saturated heterocycles. The van der Waals surface area contributed by atoms with Gasteiger partial charge in [-0.2, -0.15) is 0 Å². The van der Waals surface area contributed by atoms with Crippen LogP contribution >= 0.6 is 0 Å². The van der Waals surface area contributed by atoms with Crippen LogP contribution in [0.4, 0.5) is 0 Å². The zero-order valence-electron chi connectivity index (χ0n) is 23.7. The summed E-state index contributed by atoms with van der Waals surface area (Å²) in [5, 5.41) is 0.517. The lowest BCUT2D eigenvalue weighted by molar-refractivity contribution is 0.0730. The number of ether oxygens (including phenoxy) is 3. The summed E-state index contributed by atoms with van der Waals surface area (Å²) < 4.78 is 22.9. The minimum atomic E-state index is -0.575. The van der Waals surface area contributed by atoms with Crippen molar-refractivity contribution < 1.29 is 23.4 Å². The molecule has 5 rings (SSSR count). The number of aryl methyl sites for hydroxylation is 2. The molecule has 0 N–H and O–H groups in total. The van der Waals surface area contributed by atoms with Gasteiger partial charge in [-0.25, -0.2) is 0 Å². The number of methoxy groups -OCH3 is 2.